The van der Waals surface area contributed by atoms with Crippen molar-refractivity contribution >= 4 is 34.9 Å². The molecule has 0 radical (unpaired) electrons. The van der Waals surface area contributed by atoms with Crippen LogP contribution in [0.25, 0.3) is 0 Å². The summed E-state index contributed by atoms with van der Waals surface area (Å²) in [4.78, 5) is 27.6. The Morgan fingerprint density at radius 2 is 1.88 bits per heavy atom. The monoisotopic (exact) mass is 392 g/mol. The molecule has 2 aromatic rings. The minimum absolute atomic E-state index is 0.0760. The molecule has 0 saturated carbocycles. The molecule has 0 bridgehead atoms. The van der Waals surface area contributed by atoms with Gasteiger partial charge in [-0.3, -0.25) is 9.59 Å². The maximum absolute atomic E-state index is 12.5. The smallest absolute Gasteiger partial charge is 0.252 e. The van der Waals surface area contributed by atoms with Gasteiger partial charge >= 0.3 is 0 Å². The minimum atomic E-state index is -0.126. The van der Waals surface area contributed by atoms with Gasteiger partial charge in [-0.05, 0) is 30.7 Å². The van der Waals surface area contributed by atoms with Crippen molar-refractivity contribution in [2.45, 2.75) is 24.8 Å². The van der Waals surface area contributed by atoms with Crippen LogP contribution in [0.3, 0.4) is 0 Å². The van der Waals surface area contributed by atoms with Crippen molar-refractivity contribution in [1.29, 1.82) is 0 Å². The number of thioether (sulfide) groups is 1. The quantitative estimate of drug-likeness (QED) is 0.482. The third-order valence-electron chi connectivity index (χ3n) is 3.61. The number of methoxy groups -OCH3 is 1. The molecule has 1 aromatic heterocycles. The van der Waals surface area contributed by atoms with Crippen LogP contribution in [0.2, 0.25) is 0 Å². The zero-order valence-electron chi connectivity index (χ0n) is 15.0. The normalized spacial score (nSPS) is 10.5. The SMILES string of the molecule is CCc1ccc(CNC(=O)c2ccccc2SCC(=O)NCCOC)s1. The van der Waals surface area contributed by atoms with Crippen molar-refractivity contribution in [1.82, 2.24) is 10.6 Å². The molecule has 2 amide bonds. The van der Waals surface area contributed by atoms with Crippen LogP contribution in [0.5, 0.6) is 0 Å². The highest BCUT2D eigenvalue weighted by molar-refractivity contribution is 8.00. The van der Waals surface area contributed by atoms with E-state index in [2.05, 4.69) is 29.7 Å². The molecular weight excluding hydrogens is 368 g/mol. The second-order valence-corrected chi connectivity index (χ2v) is 7.80. The Labute approximate surface area is 162 Å². The maximum Gasteiger partial charge on any atom is 0.252 e. The molecule has 0 saturated heterocycles. The molecule has 26 heavy (non-hydrogen) atoms. The van der Waals surface area contributed by atoms with E-state index in [-0.39, 0.29) is 17.6 Å². The lowest BCUT2D eigenvalue weighted by molar-refractivity contribution is -0.118. The second kappa shape index (κ2) is 11.0. The Bertz CT molecular complexity index is 731. The van der Waals surface area contributed by atoms with Crippen molar-refractivity contribution < 1.29 is 14.3 Å². The first kappa shape index (κ1) is 20.5. The number of benzene rings is 1. The highest BCUT2D eigenvalue weighted by atomic mass is 32.2. The van der Waals surface area contributed by atoms with Crippen LogP contribution < -0.4 is 10.6 Å². The van der Waals surface area contributed by atoms with E-state index in [1.54, 1.807) is 24.5 Å². The largest absolute Gasteiger partial charge is 0.383 e. The van der Waals surface area contributed by atoms with Crippen LogP contribution in [-0.4, -0.2) is 37.8 Å². The number of ether oxygens (including phenoxy) is 1. The molecule has 0 aliphatic carbocycles. The van der Waals surface area contributed by atoms with E-state index in [1.165, 1.54) is 16.6 Å². The highest BCUT2D eigenvalue weighted by Crippen LogP contribution is 2.23. The molecule has 0 spiro atoms. The number of hydrogen-bond donors (Lipinski definition) is 2. The summed E-state index contributed by atoms with van der Waals surface area (Å²) in [6.45, 7) is 3.60. The van der Waals surface area contributed by atoms with Crippen molar-refractivity contribution in [3.05, 3.63) is 51.7 Å². The summed E-state index contributed by atoms with van der Waals surface area (Å²) in [7, 11) is 1.59. The predicted octanol–water partition coefficient (Wildman–Crippen LogP) is 3.10. The first-order valence-electron chi connectivity index (χ1n) is 8.47. The number of amides is 2. The standard InChI is InChI=1S/C19H24N2O3S2/c1-3-14-8-9-15(26-14)12-21-19(23)16-6-4-5-7-17(16)25-13-18(22)20-10-11-24-2/h4-9H,3,10-13H2,1-2H3,(H,20,22)(H,21,23). The van der Waals surface area contributed by atoms with E-state index in [9.17, 15) is 9.59 Å². The number of carbonyl (C=O) groups excluding carboxylic acids is 2. The van der Waals surface area contributed by atoms with Gasteiger partial charge in [0.2, 0.25) is 5.91 Å². The van der Waals surface area contributed by atoms with Crippen LogP contribution in [0.4, 0.5) is 0 Å². The number of aryl methyl sites for hydroxylation is 1. The predicted molar refractivity (Wildman–Crippen MR) is 107 cm³/mol. The zero-order chi connectivity index (χ0) is 18.8. The van der Waals surface area contributed by atoms with Crippen molar-refractivity contribution in [2.75, 3.05) is 26.0 Å². The fourth-order valence-corrected chi connectivity index (χ4v) is 4.01. The summed E-state index contributed by atoms with van der Waals surface area (Å²) < 4.78 is 4.90. The molecule has 7 heteroatoms. The van der Waals surface area contributed by atoms with Crippen molar-refractivity contribution in [2.24, 2.45) is 0 Å². The Hall–Kier alpha value is -1.83. The van der Waals surface area contributed by atoms with Gasteiger partial charge in [-0.15, -0.1) is 23.1 Å². The molecule has 0 aliphatic heterocycles. The average Bonchev–Trinajstić information content (AvgIpc) is 3.13. The van der Waals surface area contributed by atoms with E-state index in [4.69, 9.17) is 4.74 Å². The highest BCUT2D eigenvalue weighted by Gasteiger charge is 2.13. The molecule has 2 rings (SSSR count). The third kappa shape index (κ3) is 6.48. The van der Waals surface area contributed by atoms with Crippen LogP contribution in [0.15, 0.2) is 41.3 Å². The average molecular weight is 393 g/mol. The van der Waals surface area contributed by atoms with Gasteiger partial charge in [0.25, 0.3) is 5.91 Å². The number of hydrogen-bond acceptors (Lipinski definition) is 5. The van der Waals surface area contributed by atoms with Crippen molar-refractivity contribution in [3.8, 4) is 0 Å². The van der Waals surface area contributed by atoms with Crippen molar-refractivity contribution in [3.63, 3.8) is 0 Å². The zero-order valence-corrected chi connectivity index (χ0v) is 16.7. The molecule has 140 valence electrons. The lowest BCUT2D eigenvalue weighted by Gasteiger charge is -2.10. The molecule has 5 nitrogen and oxygen atoms in total. The van der Waals surface area contributed by atoms with E-state index in [0.29, 0.717) is 25.3 Å². The first-order valence-corrected chi connectivity index (χ1v) is 10.3. The maximum atomic E-state index is 12.5. The molecule has 0 aliphatic rings. The van der Waals surface area contributed by atoms with Gasteiger partial charge in [0, 0.05) is 28.3 Å². The summed E-state index contributed by atoms with van der Waals surface area (Å²) >= 11 is 3.07. The Morgan fingerprint density at radius 1 is 1.12 bits per heavy atom. The van der Waals surface area contributed by atoms with Gasteiger partial charge in [-0.1, -0.05) is 19.1 Å². The molecule has 0 unspecified atom stereocenters. The summed E-state index contributed by atoms with van der Waals surface area (Å²) in [5, 5.41) is 5.74. The number of nitrogens with one attached hydrogen (secondary N) is 2. The lowest BCUT2D eigenvalue weighted by Crippen LogP contribution is -2.28. The molecular formula is C19H24N2O3S2. The van der Waals surface area contributed by atoms with Gasteiger partial charge in [0.1, 0.15) is 0 Å². The first-order chi connectivity index (χ1) is 12.6. The van der Waals surface area contributed by atoms with Gasteiger partial charge in [-0.2, -0.15) is 0 Å². The summed E-state index contributed by atoms with van der Waals surface area (Å²) in [6.07, 6.45) is 1.00. The Morgan fingerprint density at radius 3 is 2.62 bits per heavy atom. The summed E-state index contributed by atoms with van der Waals surface area (Å²) in [5.74, 6) is 0.0611. The molecule has 2 N–H and O–H groups in total. The lowest BCUT2D eigenvalue weighted by atomic mass is 10.2. The van der Waals surface area contributed by atoms with Gasteiger partial charge in [-0.25, -0.2) is 0 Å². The van der Waals surface area contributed by atoms with Crippen LogP contribution in [0, 0.1) is 0 Å². The van der Waals surface area contributed by atoms with E-state index < -0.39 is 0 Å². The van der Waals surface area contributed by atoms with E-state index in [1.807, 2.05) is 18.2 Å². The second-order valence-electron chi connectivity index (χ2n) is 5.53. The van der Waals surface area contributed by atoms with E-state index >= 15 is 0 Å². The fourth-order valence-electron chi connectivity index (χ4n) is 2.24. The van der Waals surface area contributed by atoms with Crippen LogP contribution >= 0.6 is 23.1 Å². The topological polar surface area (TPSA) is 67.4 Å². The van der Waals surface area contributed by atoms with Crippen LogP contribution in [-0.2, 0) is 22.5 Å². The fraction of sp³-hybridized carbons (Fsp3) is 0.368. The summed E-state index contributed by atoms with van der Waals surface area (Å²) in [6, 6.07) is 11.5. The third-order valence-corrected chi connectivity index (χ3v) is 5.91. The summed E-state index contributed by atoms with van der Waals surface area (Å²) in [5.41, 5.74) is 0.592. The number of carbonyl (C=O) groups is 2. The minimum Gasteiger partial charge on any atom is -0.383 e. The number of rotatable bonds is 10. The molecule has 1 aromatic carbocycles. The van der Waals surface area contributed by atoms with E-state index in [0.717, 1.165) is 16.2 Å². The molecule has 0 fully saturated rings. The van der Waals surface area contributed by atoms with Gasteiger partial charge < -0.3 is 15.4 Å². The molecule has 1 heterocycles. The Balaban J connectivity index is 1.90. The van der Waals surface area contributed by atoms with Gasteiger partial charge in [0.05, 0.1) is 24.5 Å². The number of thiophene rings is 1. The van der Waals surface area contributed by atoms with Crippen LogP contribution in [0.1, 0.15) is 27.0 Å². The molecule has 0 atom stereocenters. The van der Waals surface area contributed by atoms with Gasteiger partial charge in [0.15, 0.2) is 0 Å². The Kier molecular flexibility index (Phi) is 8.67.